The molecule has 0 radical (unpaired) electrons. The summed E-state index contributed by atoms with van der Waals surface area (Å²) in [5, 5.41) is 1.79. The Morgan fingerprint density at radius 1 is 1.32 bits per heavy atom. The summed E-state index contributed by atoms with van der Waals surface area (Å²) in [7, 11) is -6.78. The van der Waals surface area contributed by atoms with Crippen molar-refractivity contribution in [1.29, 1.82) is 0 Å². The van der Waals surface area contributed by atoms with Crippen LogP contribution < -0.4 is 10.0 Å². The van der Waals surface area contributed by atoms with Gasteiger partial charge >= 0.3 is 0 Å². The van der Waals surface area contributed by atoms with Crippen molar-refractivity contribution in [2.75, 3.05) is 24.6 Å². The van der Waals surface area contributed by atoms with Gasteiger partial charge in [-0.3, -0.25) is 4.79 Å². The van der Waals surface area contributed by atoms with Crippen molar-refractivity contribution in [3.8, 4) is 0 Å². The number of hydrogen-bond donors (Lipinski definition) is 2. The van der Waals surface area contributed by atoms with E-state index in [1.165, 1.54) is 0 Å². The molecule has 19 heavy (non-hydrogen) atoms. The van der Waals surface area contributed by atoms with Crippen LogP contribution in [0.3, 0.4) is 0 Å². The van der Waals surface area contributed by atoms with Gasteiger partial charge in [0.2, 0.25) is 15.9 Å². The Morgan fingerprint density at radius 2 is 2.00 bits per heavy atom. The van der Waals surface area contributed by atoms with Crippen molar-refractivity contribution < 1.29 is 21.6 Å². The molecule has 0 spiro atoms. The molecule has 1 atom stereocenters. The number of carbonyl (C=O) groups is 1. The third kappa shape index (κ3) is 5.45. The zero-order chi connectivity index (χ0) is 14.5. The molecule has 1 amide bonds. The summed E-state index contributed by atoms with van der Waals surface area (Å²) >= 11 is 0. The minimum Gasteiger partial charge on any atom is -0.356 e. The van der Waals surface area contributed by atoms with Gasteiger partial charge in [0.05, 0.1) is 16.8 Å². The minimum atomic E-state index is -3.58. The molecule has 0 bridgehead atoms. The van der Waals surface area contributed by atoms with Crippen LogP contribution in [0, 0.1) is 0 Å². The first-order valence-corrected chi connectivity index (χ1v) is 9.59. The minimum absolute atomic E-state index is 0.0644. The Morgan fingerprint density at radius 3 is 2.53 bits per heavy atom. The van der Waals surface area contributed by atoms with Gasteiger partial charge in [-0.15, -0.1) is 0 Å². The van der Waals surface area contributed by atoms with E-state index in [-0.39, 0.29) is 30.4 Å². The number of amides is 1. The third-order valence-electron chi connectivity index (χ3n) is 2.93. The maximum absolute atomic E-state index is 11.8. The molecule has 7 nitrogen and oxygen atoms in total. The molecule has 0 aromatic heterocycles. The van der Waals surface area contributed by atoms with Crippen molar-refractivity contribution in [2.24, 2.45) is 0 Å². The molecule has 112 valence electrons. The first kappa shape index (κ1) is 16.4. The van der Waals surface area contributed by atoms with Gasteiger partial charge in [-0.25, -0.2) is 21.6 Å². The molecule has 2 N–H and O–H groups in total. The van der Waals surface area contributed by atoms with Crippen LogP contribution >= 0.6 is 0 Å². The Kier molecular flexibility index (Phi) is 5.75. The molecule has 1 saturated heterocycles. The smallest absolute Gasteiger partial charge is 0.219 e. The van der Waals surface area contributed by atoms with Crippen LogP contribution in [-0.2, 0) is 24.7 Å². The maximum Gasteiger partial charge on any atom is 0.219 e. The highest BCUT2D eigenvalue weighted by Gasteiger charge is 2.36. The van der Waals surface area contributed by atoms with Gasteiger partial charge in [0.1, 0.15) is 0 Å². The summed E-state index contributed by atoms with van der Waals surface area (Å²) in [6.45, 7) is 2.33. The van der Waals surface area contributed by atoms with Crippen LogP contribution in [0.1, 0.15) is 26.2 Å². The standard InChI is InChI=1S/C10H20N2O5S2/c1-2-10(13)11-5-3-6-12-19(16,17)9-4-7-18(14,15)8-9/h9,12H,2-8H2,1H3,(H,11,13). The highest BCUT2D eigenvalue weighted by atomic mass is 32.2. The van der Waals surface area contributed by atoms with E-state index in [0.29, 0.717) is 19.4 Å². The van der Waals surface area contributed by atoms with E-state index >= 15 is 0 Å². The molecule has 1 heterocycles. The van der Waals surface area contributed by atoms with Crippen LogP contribution in [-0.4, -0.2) is 52.6 Å². The van der Waals surface area contributed by atoms with Gasteiger partial charge in [-0.1, -0.05) is 6.92 Å². The first-order valence-electron chi connectivity index (χ1n) is 6.22. The molecule has 1 unspecified atom stereocenters. The van der Waals surface area contributed by atoms with E-state index in [4.69, 9.17) is 0 Å². The number of hydrogen-bond acceptors (Lipinski definition) is 5. The lowest BCUT2D eigenvalue weighted by molar-refractivity contribution is -0.120. The average molecular weight is 312 g/mol. The molecule has 9 heteroatoms. The molecular formula is C10H20N2O5S2. The lowest BCUT2D eigenvalue weighted by Gasteiger charge is -2.11. The summed E-state index contributed by atoms with van der Waals surface area (Å²) in [5.41, 5.74) is 0. The molecule has 1 aliphatic heterocycles. The van der Waals surface area contributed by atoms with Crippen molar-refractivity contribution >= 4 is 25.8 Å². The Labute approximate surface area is 114 Å². The van der Waals surface area contributed by atoms with Crippen molar-refractivity contribution in [3.63, 3.8) is 0 Å². The fourth-order valence-electron chi connectivity index (χ4n) is 1.78. The second-order valence-electron chi connectivity index (χ2n) is 4.52. The highest BCUT2D eigenvalue weighted by molar-refractivity contribution is 7.95. The van der Waals surface area contributed by atoms with Crippen molar-refractivity contribution in [1.82, 2.24) is 10.0 Å². The Balaban J connectivity index is 2.30. The first-order chi connectivity index (χ1) is 8.77. The van der Waals surface area contributed by atoms with Gasteiger partial charge in [0.25, 0.3) is 0 Å². The fraction of sp³-hybridized carbons (Fsp3) is 0.900. The zero-order valence-electron chi connectivity index (χ0n) is 10.9. The number of nitrogens with one attached hydrogen (secondary N) is 2. The van der Waals surface area contributed by atoms with Gasteiger partial charge in [-0.05, 0) is 12.8 Å². The normalized spacial score (nSPS) is 22.3. The summed E-state index contributed by atoms with van der Waals surface area (Å²) in [6.07, 6.45) is 1.03. The number of sulfonamides is 1. The van der Waals surface area contributed by atoms with Crippen LogP contribution in [0.25, 0.3) is 0 Å². The third-order valence-corrected chi connectivity index (χ3v) is 6.80. The molecule has 0 aliphatic carbocycles. The van der Waals surface area contributed by atoms with E-state index in [1.54, 1.807) is 6.92 Å². The monoisotopic (exact) mass is 312 g/mol. The largest absolute Gasteiger partial charge is 0.356 e. The van der Waals surface area contributed by atoms with Gasteiger partial charge in [-0.2, -0.15) is 0 Å². The SMILES string of the molecule is CCC(=O)NCCCNS(=O)(=O)C1CCS(=O)(=O)C1. The summed E-state index contributed by atoms with van der Waals surface area (Å²) in [6, 6.07) is 0. The Bertz CT molecular complexity index is 512. The van der Waals surface area contributed by atoms with E-state index in [1.807, 2.05) is 0 Å². The van der Waals surface area contributed by atoms with E-state index < -0.39 is 25.1 Å². The Hall–Kier alpha value is -0.670. The lowest BCUT2D eigenvalue weighted by Crippen LogP contribution is -2.36. The molecule has 0 aromatic carbocycles. The highest BCUT2D eigenvalue weighted by Crippen LogP contribution is 2.17. The zero-order valence-corrected chi connectivity index (χ0v) is 12.5. The molecule has 1 rings (SSSR count). The second kappa shape index (κ2) is 6.67. The topological polar surface area (TPSA) is 109 Å². The summed E-state index contributed by atoms with van der Waals surface area (Å²) < 4.78 is 48.5. The van der Waals surface area contributed by atoms with Gasteiger partial charge in [0, 0.05) is 19.5 Å². The molecular weight excluding hydrogens is 292 g/mol. The second-order valence-corrected chi connectivity index (χ2v) is 8.80. The van der Waals surface area contributed by atoms with Gasteiger partial charge in [0.15, 0.2) is 9.84 Å². The van der Waals surface area contributed by atoms with Crippen LogP contribution in [0.5, 0.6) is 0 Å². The lowest BCUT2D eigenvalue weighted by atomic mass is 10.4. The van der Waals surface area contributed by atoms with Crippen molar-refractivity contribution in [2.45, 2.75) is 31.4 Å². The molecule has 0 saturated carbocycles. The van der Waals surface area contributed by atoms with Crippen LogP contribution in [0.2, 0.25) is 0 Å². The number of carbonyl (C=O) groups excluding carboxylic acids is 1. The van der Waals surface area contributed by atoms with Crippen LogP contribution in [0.4, 0.5) is 0 Å². The van der Waals surface area contributed by atoms with Crippen molar-refractivity contribution in [3.05, 3.63) is 0 Å². The molecule has 0 aromatic rings. The quantitative estimate of drug-likeness (QED) is 0.587. The number of sulfone groups is 1. The summed E-state index contributed by atoms with van der Waals surface area (Å²) in [4.78, 5) is 10.9. The maximum atomic E-state index is 11.8. The molecule has 1 aliphatic rings. The van der Waals surface area contributed by atoms with E-state index in [9.17, 15) is 21.6 Å². The predicted molar refractivity (Wildman–Crippen MR) is 71.9 cm³/mol. The average Bonchev–Trinajstić information content (AvgIpc) is 2.69. The molecule has 1 fully saturated rings. The fourth-order valence-corrected chi connectivity index (χ4v) is 5.90. The van der Waals surface area contributed by atoms with E-state index in [0.717, 1.165) is 0 Å². The van der Waals surface area contributed by atoms with Gasteiger partial charge < -0.3 is 5.32 Å². The summed E-state index contributed by atoms with van der Waals surface area (Å²) in [5.74, 6) is -0.440. The van der Waals surface area contributed by atoms with E-state index in [2.05, 4.69) is 10.0 Å². The predicted octanol–water partition coefficient (Wildman–Crippen LogP) is -0.991. The number of rotatable bonds is 7. The van der Waals surface area contributed by atoms with Crippen LogP contribution in [0.15, 0.2) is 0 Å².